The number of aromatic nitrogens is 1. The van der Waals surface area contributed by atoms with Crippen LogP contribution in [-0.2, 0) is 11.3 Å². The van der Waals surface area contributed by atoms with E-state index in [0.717, 1.165) is 5.69 Å². The molecule has 0 bridgehead atoms. The van der Waals surface area contributed by atoms with Gasteiger partial charge >= 0.3 is 5.97 Å². The topological polar surface area (TPSA) is 51.2 Å². The number of esters is 1. The molecule has 2 aromatic rings. The van der Waals surface area contributed by atoms with Crippen LogP contribution in [0.1, 0.15) is 21.6 Å². The van der Waals surface area contributed by atoms with Crippen molar-refractivity contribution in [2.75, 3.05) is 12.4 Å². The van der Waals surface area contributed by atoms with Gasteiger partial charge in [-0.15, -0.1) is 0 Å². The quantitative estimate of drug-likeness (QED) is 0.855. The smallest absolute Gasteiger partial charge is 0.339 e. The Morgan fingerprint density at radius 3 is 2.89 bits per heavy atom. The number of anilines is 1. The lowest BCUT2D eigenvalue weighted by Crippen LogP contribution is -2.10. The molecule has 1 heterocycles. The fourth-order valence-corrected chi connectivity index (χ4v) is 1.82. The van der Waals surface area contributed by atoms with Crippen molar-refractivity contribution in [3.8, 4) is 0 Å². The van der Waals surface area contributed by atoms with Crippen molar-refractivity contribution in [3.63, 3.8) is 0 Å². The summed E-state index contributed by atoms with van der Waals surface area (Å²) in [4.78, 5) is 15.8. The maximum absolute atomic E-state index is 11.6. The molecule has 4 heteroatoms. The Balaban J connectivity index is 2.13. The number of nitrogens with one attached hydrogen (secondary N) is 1. The fraction of sp³-hybridized carbons (Fsp3) is 0.200. The molecule has 0 amide bonds. The molecule has 98 valence electrons. The van der Waals surface area contributed by atoms with E-state index in [-0.39, 0.29) is 5.97 Å². The molecule has 1 aromatic carbocycles. The second-order valence-corrected chi connectivity index (χ2v) is 4.21. The first-order chi connectivity index (χ1) is 9.20. The summed E-state index contributed by atoms with van der Waals surface area (Å²) in [5.41, 5.74) is 3.35. The van der Waals surface area contributed by atoms with Crippen molar-refractivity contribution in [1.29, 1.82) is 0 Å². The largest absolute Gasteiger partial charge is 0.465 e. The third-order valence-corrected chi connectivity index (χ3v) is 2.77. The van der Waals surface area contributed by atoms with E-state index in [0.29, 0.717) is 17.8 Å². The van der Waals surface area contributed by atoms with Crippen LogP contribution in [0.3, 0.4) is 0 Å². The standard InChI is InChI=1S/C15H16N2O2/c1-11-5-3-6-12(9-11)17-10-14-13(15(18)19-2)7-4-8-16-14/h3-9,17H,10H2,1-2H3. The van der Waals surface area contributed by atoms with Gasteiger partial charge in [-0.2, -0.15) is 0 Å². The van der Waals surface area contributed by atoms with E-state index in [1.807, 2.05) is 31.2 Å². The molecular weight excluding hydrogens is 240 g/mol. The Morgan fingerprint density at radius 1 is 1.32 bits per heavy atom. The van der Waals surface area contributed by atoms with Gasteiger partial charge in [-0.25, -0.2) is 4.79 Å². The Morgan fingerprint density at radius 2 is 2.16 bits per heavy atom. The van der Waals surface area contributed by atoms with Crippen molar-refractivity contribution in [3.05, 3.63) is 59.4 Å². The average Bonchev–Trinajstić information content (AvgIpc) is 2.45. The lowest BCUT2D eigenvalue weighted by Gasteiger charge is -2.09. The Hall–Kier alpha value is -2.36. The van der Waals surface area contributed by atoms with Crippen molar-refractivity contribution in [2.45, 2.75) is 13.5 Å². The first-order valence-electron chi connectivity index (χ1n) is 6.03. The lowest BCUT2D eigenvalue weighted by molar-refractivity contribution is 0.0599. The van der Waals surface area contributed by atoms with Crippen LogP contribution in [0.5, 0.6) is 0 Å². The summed E-state index contributed by atoms with van der Waals surface area (Å²) in [5, 5.41) is 3.25. The molecule has 19 heavy (non-hydrogen) atoms. The van der Waals surface area contributed by atoms with Crippen LogP contribution in [0.4, 0.5) is 5.69 Å². The summed E-state index contributed by atoms with van der Waals surface area (Å²) < 4.78 is 4.74. The summed E-state index contributed by atoms with van der Waals surface area (Å²) in [5.74, 6) is -0.367. The van der Waals surface area contributed by atoms with Crippen molar-refractivity contribution >= 4 is 11.7 Å². The molecule has 0 saturated heterocycles. The number of nitrogens with zero attached hydrogens (tertiary/aromatic N) is 1. The zero-order valence-corrected chi connectivity index (χ0v) is 11.0. The molecule has 1 aromatic heterocycles. The van der Waals surface area contributed by atoms with Gasteiger partial charge < -0.3 is 10.1 Å². The molecular formula is C15H16N2O2. The Bertz CT molecular complexity index is 582. The van der Waals surface area contributed by atoms with Gasteiger partial charge in [0, 0.05) is 11.9 Å². The average molecular weight is 256 g/mol. The molecule has 0 saturated carbocycles. The predicted octanol–water partition coefficient (Wildman–Crippen LogP) is 2.79. The third-order valence-electron chi connectivity index (χ3n) is 2.77. The van der Waals surface area contributed by atoms with Gasteiger partial charge in [0.15, 0.2) is 0 Å². The number of carbonyl (C=O) groups is 1. The zero-order chi connectivity index (χ0) is 13.7. The third kappa shape index (κ3) is 3.31. The van der Waals surface area contributed by atoms with E-state index < -0.39 is 0 Å². The summed E-state index contributed by atoms with van der Waals surface area (Å²) in [7, 11) is 1.37. The van der Waals surface area contributed by atoms with Gasteiger partial charge in [0.2, 0.25) is 0 Å². The van der Waals surface area contributed by atoms with Crippen molar-refractivity contribution in [1.82, 2.24) is 4.98 Å². The molecule has 0 fully saturated rings. The molecule has 0 aliphatic rings. The van der Waals surface area contributed by atoms with E-state index in [1.54, 1.807) is 18.3 Å². The van der Waals surface area contributed by atoms with Crippen molar-refractivity contribution < 1.29 is 9.53 Å². The molecule has 0 aliphatic carbocycles. The van der Waals surface area contributed by atoms with E-state index in [2.05, 4.69) is 10.3 Å². The number of carbonyl (C=O) groups excluding carboxylic acids is 1. The van der Waals surface area contributed by atoms with E-state index >= 15 is 0 Å². The summed E-state index contributed by atoms with van der Waals surface area (Å²) in [6.07, 6.45) is 1.67. The fourth-order valence-electron chi connectivity index (χ4n) is 1.82. The second-order valence-electron chi connectivity index (χ2n) is 4.21. The van der Waals surface area contributed by atoms with E-state index in [4.69, 9.17) is 4.74 Å². The van der Waals surface area contributed by atoms with E-state index in [9.17, 15) is 4.79 Å². The number of aryl methyl sites for hydroxylation is 1. The number of rotatable bonds is 4. The number of benzene rings is 1. The molecule has 1 N–H and O–H groups in total. The van der Waals surface area contributed by atoms with Gasteiger partial charge in [-0.1, -0.05) is 12.1 Å². The number of hydrogen-bond donors (Lipinski definition) is 1. The van der Waals surface area contributed by atoms with Crippen LogP contribution in [0.2, 0.25) is 0 Å². The van der Waals surface area contributed by atoms with Gasteiger partial charge in [0.25, 0.3) is 0 Å². The lowest BCUT2D eigenvalue weighted by atomic mass is 10.2. The Kier molecular flexibility index (Phi) is 4.13. The Labute approximate surface area is 112 Å². The SMILES string of the molecule is COC(=O)c1cccnc1CNc1cccc(C)c1. The summed E-state index contributed by atoms with van der Waals surface area (Å²) >= 11 is 0. The molecule has 0 aliphatic heterocycles. The number of pyridine rings is 1. The van der Waals surface area contributed by atoms with Gasteiger partial charge in [-0.05, 0) is 36.8 Å². The van der Waals surface area contributed by atoms with Crippen molar-refractivity contribution in [2.24, 2.45) is 0 Å². The highest BCUT2D eigenvalue weighted by Gasteiger charge is 2.11. The van der Waals surface area contributed by atoms with E-state index in [1.165, 1.54) is 12.7 Å². The highest BCUT2D eigenvalue weighted by atomic mass is 16.5. The highest BCUT2D eigenvalue weighted by molar-refractivity contribution is 5.90. The van der Waals surface area contributed by atoms with Gasteiger partial charge in [-0.3, -0.25) is 4.98 Å². The predicted molar refractivity (Wildman–Crippen MR) is 74.1 cm³/mol. The highest BCUT2D eigenvalue weighted by Crippen LogP contribution is 2.13. The molecule has 0 unspecified atom stereocenters. The number of methoxy groups -OCH3 is 1. The van der Waals surface area contributed by atoms with Crippen LogP contribution in [0.15, 0.2) is 42.6 Å². The first kappa shape index (κ1) is 13.1. The molecule has 2 rings (SSSR count). The monoisotopic (exact) mass is 256 g/mol. The minimum atomic E-state index is -0.367. The molecule has 4 nitrogen and oxygen atoms in total. The zero-order valence-electron chi connectivity index (χ0n) is 11.0. The van der Waals surface area contributed by atoms with Crippen LogP contribution < -0.4 is 5.32 Å². The first-order valence-corrected chi connectivity index (χ1v) is 6.03. The minimum Gasteiger partial charge on any atom is -0.465 e. The van der Waals surface area contributed by atoms with Crippen LogP contribution in [0.25, 0.3) is 0 Å². The second kappa shape index (κ2) is 6.00. The molecule has 0 spiro atoms. The maximum atomic E-state index is 11.6. The van der Waals surface area contributed by atoms with Crippen LogP contribution in [-0.4, -0.2) is 18.1 Å². The normalized spacial score (nSPS) is 10.0. The minimum absolute atomic E-state index is 0.367. The van der Waals surface area contributed by atoms with Gasteiger partial charge in [0.05, 0.1) is 24.9 Å². The molecule has 0 atom stereocenters. The summed E-state index contributed by atoms with van der Waals surface area (Å²) in [6.45, 7) is 2.51. The number of hydrogen-bond acceptors (Lipinski definition) is 4. The van der Waals surface area contributed by atoms with Crippen LogP contribution >= 0.6 is 0 Å². The summed E-state index contributed by atoms with van der Waals surface area (Å²) in [6, 6.07) is 11.5. The molecule has 0 radical (unpaired) electrons. The van der Waals surface area contributed by atoms with Gasteiger partial charge in [0.1, 0.15) is 0 Å². The maximum Gasteiger partial charge on any atom is 0.339 e. The number of ether oxygens (including phenoxy) is 1. The van der Waals surface area contributed by atoms with Crippen LogP contribution in [0, 0.1) is 6.92 Å².